The molecule has 1 aliphatic carbocycles. The molecule has 0 amide bonds. The van der Waals surface area contributed by atoms with Crippen LogP contribution in [0.3, 0.4) is 0 Å². The van der Waals surface area contributed by atoms with Gasteiger partial charge in [0.2, 0.25) is 0 Å². The van der Waals surface area contributed by atoms with Crippen LogP contribution in [0.2, 0.25) is 0 Å². The lowest BCUT2D eigenvalue weighted by atomic mass is 9.97. The predicted octanol–water partition coefficient (Wildman–Crippen LogP) is 2.59. The Labute approximate surface area is 113 Å². The molecule has 2 atom stereocenters. The summed E-state index contributed by atoms with van der Waals surface area (Å²) in [6.45, 7) is 1.84. The summed E-state index contributed by atoms with van der Waals surface area (Å²) >= 11 is 0. The summed E-state index contributed by atoms with van der Waals surface area (Å²) in [7, 11) is 0. The number of nitriles is 1. The molecule has 102 valence electrons. The maximum Gasteiger partial charge on any atom is 0.140 e. The van der Waals surface area contributed by atoms with Crippen LogP contribution in [-0.2, 0) is 11.3 Å². The third-order valence-corrected chi connectivity index (χ3v) is 3.87. The number of nitrogens with two attached hydrogens (primary N) is 1. The molecule has 2 unspecified atom stereocenters. The van der Waals surface area contributed by atoms with E-state index in [2.05, 4.69) is 0 Å². The van der Waals surface area contributed by atoms with Crippen molar-refractivity contribution in [2.75, 3.05) is 13.2 Å². The van der Waals surface area contributed by atoms with Crippen LogP contribution in [-0.4, -0.2) is 13.2 Å². The topological polar surface area (TPSA) is 59.0 Å². The number of rotatable bonds is 5. The molecular weight excluding hydrogens is 243 g/mol. The van der Waals surface area contributed by atoms with Crippen molar-refractivity contribution in [2.45, 2.75) is 25.9 Å². The second kappa shape index (κ2) is 6.65. The highest BCUT2D eigenvalue weighted by Gasteiger charge is 2.25. The first-order valence-electron chi connectivity index (χ1n) is 6.71. The number of nitrogens with zero attached hydrogens (tertiary/aromatic N) is 1. The van der Waals surface area contributed by atoms with Crippen LogP contribution in [0.15, 0.2) is 18.2 Å². The molecule has 0 spiro atoms. The molecule has 0 aliphatic heterocycles. The zero-order valence-corrected chi connectivity index (χ0v) is 10.9. The minimum atomic E-state index is -0.481. The van der Waals surface area contributed by atoms with Crippen molar-refractivity contribution >= 4 is 0 Å². The molecule has 1 saturated carbocycles. The molecule has 1 aliphatic rings. The molecule has 0 radical (unpaired) electrons. The fourth-order valence-corrected chi connectivity index (χ4v) is 2.72. The fourth-order valence-electron chi connectivity index (χ4n) is 2.72. The van der Waals surface area contributed by atoms with Gasteiger partial charge in [-0.2, -0.15) is 5.26 Å². The van der Waals surface area contributed by atoms with Gasteiger partial charge in [0.15, 0.2) is 0 Å². The van der Waals surface area contributed by atoms with Crippen molar-refractivity contribution < 1.29 is 9.13 Å². The van der Waals surface area contributed by atoms with Crippen LogP contribution < -0.4 is 5.73 Å². The van der Waals surface area contributed by atoms with Gasteiger partial charge in [0.1, 0.15) is 11.9 Å². The predicted molar refractivity (Wildman–Crippen MR) is 70.7 cm³/mol. The van der Waals surface area contributed by atoms with Crippen LogP contribution in [0.25, 0.3) is 0 Å². The van der Waals surface area contributed by atoms with Gasteiger partial charge in [-0.1, -0.05) is 12.5 Å². The minimum Gasteiger partial charge on any atom is -0.376 e. The van der Waals surface area contributed by atoms with Crippen molar-refractivity contribution in [2.24, 2.45) is 17.6 Å². The number of ether oxygens (including phenoxy) is 1. The van der Waals surface area contributed by atoms with Gasteiger partial charge < -0.3 is 10.5 Å². The Morgan fingerprint density at radius 3 is 2.89 bits per heavy atom. The van der Waals surface area contributed by atoms with Crippen molar-refractivity contribution in [1.29, 1.82) is 5.26 Å². The monoisotopic (exact) mass is 262 g/mol. The Bertz CT molecular complexity index is 470. The molecule has 0 saturated heterocycles. The number of benzene rings is 1. The molecule has 4 heteroatoms. The number of hydrogen-bond donors (Lipinski definition) is 1. The summed E-state index contributed by atoms with van der Waals surface area (Å²) in [6.07, 6.45) is 3.60. The molecule has 0 heterocycles. The van der Waals surface area contributed by atoms with E-state index in [9.17, 15) is 4.39 Å². The molecule has 19 heavy (non-hydrogen) atoms. The van der Waals surface area contributed by atoms with Crippen LogP contribution in [0, 0.1) is 29.0 Å². The first kappa shape index (κ1) is 14.0. The second-order valence-corrected chi connectivity index (χ2v) is 5.13. The van der Waals surface area contributed by atoms with Gasteiger partial charge >= 0.3 is 0 Å². The highest BCUT2D eigenvalue weighted by molar-refractivity contribution is 5.34. The van der Waals surface area contributed by atoms with Gasteiger partial charge in [-0.05, 0) is 48.9 Å². The summed E-state index contributed by atoms with van der Waals surface area (Å²) in [5, 5.41) is 8.76. The molecule has 2 N–H and O–H groups in total. The van der Waals surface area contributed by atoms with E-state index in [0.29, 0.717) is 25.0 Å². The molecular formula is C15H19FN2O. The second-order valence-electron chi connectivity index (χ2n) is 5.13. The molecule has 0 bridgehead atoms. The average molecular weight is 262 g/mol. The van der Waals surface area contributed by atoms with E-state index < -0.39 is 5.82 Å². The van der Waals surface area contributed by atoms with E-state index in [1.54, 1.807) is 12.1 Å². The molecule has 1 fully saturated rings. The quantitative estimate of drug-likeness (QED) is 0.887. The summed E-state index contributed by atoms with van der Waals surface area (Å²) < 4.78 is 18.8. The van der Waals surface area contributed by atoms with Gasteiger partial charge in [0, 0.05) is 0 Å². The molecule has 0 aromatic heterocycles. The third kappa shape index (κ3) is 3.52. The van der Waals surface area contributed by atoms with E-state index in [1.807, 2.05) is 6.07 Å². The first-order valence-corrected chi connectivity index (χ1v) is 6.71. The fraction of sp³-hybridized carbons (Fsp3) is 0.533. The summed E-state index contributed by atoms with van der Waals surface area (Å²) in [5.41, 5.74) is 6.63. The summed E-state index contributed by atoms with van der Waals surface area (Å²) in [5.74, 6) is 0.633. The number of halogens is 1. The lowest BCUT2D eigenvalue weighted by Crippen LogP contribution is -2.22. The lowest BCUT2D eigenvalue weighted by molar-refractivity contribution is 0.0753. The summed E-state index contributed by atoms with van der Waals surface area (Å²) in [6, 6.07) is 6.36. The van der Waals surface area contributed by atoms with E-state index in [4.69, 9.17) is 15.7 Å². The molecule has 1 aromatic rings. The van der Waals surface area contributed by atoms with E-state index in [1.165, 1.54) is 25.3 Å². The van der Waals surface area contributed by atoms with Gasteiger partial charge in [-0.25, -0.2) is 4.39 Å². The third-order valence-electron chi connectivity index (χ3n) is 3.87. The zero-order chi connectivity index (χ0) is 13.7. The highest BCUT2D eigenvalue weighted by Crippen LogP contribution is 2.31. The van der Waals surface area contributed by atoms with Gasteiger partial charge in [-0.15, -0.1) is 0 Å². The Hall–Kier alpha value is -1.44. The number of hydrogen-bond acceptors (Lipinski definition) is 3. The zero-order valence-electron chi connectivity index (χ0n) is 10.9. The minimum absolute atomic E-state index is 0.0711. The Balaban J connectivity index is 1.84. The van der Waals surface area contributed by atoms with E-state index in [-0.39, 0.29) is 5.56 Å². The maximum atomic E-state index is 13.2. The lowest BCUT2D eigenvalue weighted by Gasteiger charge is -2.17. The van der Waals surface area contributed by atoms with E-state index >= 15 is 0 Å². The maximum absolute atomic E-state index is 13.2. The van der Waals surface area contributed by atoms with Crippen LogP contribution in [0.1, 0.15) is 30.4 Å². The van der Waals surface area contributed by atoms with Gasteiger partial charge in [0.05, 0.1) is 18.8 Å². The average Bonchev–Trinajstić information content (AvgIpc) is 2.88. The Morgan fingerprint density at radius 2 is 2.16 bits per heavy atom. The van der Waals surface area contributed by atoms with E-state index in [0.717, 1.165) is 12.1 Å². The SMILES string of the molecule is N#Cc1cc(COCC2CCCC2CN)ccc1F. The highest BCUT2D eigenvalue weighted by atomic mass is 19.1. The van der Waals surface area contributed by atoms with Crippen molar-refractivity contribution in [3.05, 3.63) is 35.1 Å². The van der Waals surface area contributed by atoms with Crippen LogP contribution in [0.4, 0.5) is 4.39 Å². The molecule has 3 nitrogen and oxygen atoms in total. The van der Waals surface area contributed by atoms with Crippen molar-refractivity contribution in [3.8, 4) is 6.07 Å². The largest absolute Gasteiger partial charge is 0.376 e. The normalized spacial score (nSPS) is 22.4. The molecule has 1 aromatic carbocycles. The summed E-state index contributed by atoms with van der Waals surface area (Å²) in [4.78, 5) is 0. The smallest absolute Gasteiger partial charge is 0.140 e. The van der Waals surface area contributed by atoms with Crippen LogP contribution >= 0.6 is 0 Å². The van der Waals surface area contributed by atoms with Crippen molar-refractivity contribution in [1.82, 2.24) is 0 Å². The van der Waals surface area contributed by atoms with Gasteiger partial charge in [-0.3, -0.25) is 0 Å². The van der Waals surface area contributed by atoms with Crippen molar-refractivity contribution in [3.63, 3.8) is 0 Å². The van der Waals surface area contributed by atoms with Gasteiger partial charge in [0.25, 0.3) is 0 Å². The first-order chi connectivity index (χ1) is 9.24. The standard InChI is InChI=1S/C15H19FN2O/c16-15-5-4-11(6-14(15)8-18)9-19-10-13-3-1-2-12(13)7-17/h4-6,12-13H,1-3,7,9-10,17H2. The van der Waals surface area contributed by atoms with Crippen LogP contribution in [0.5, 0.6) is 0 Å². The molecule has 2 rings (SSSR count). The Kier molecular flexibility index (Phi) is 4.89. The Morgan fingerprint density at radius 1 is 1.37 bits per heavy atom.